The van der Waals surface area contributed by atoms with Gasteiger partial charge in [-0.3, -0.25) is 19.6 Å². The highest BCUT2D eigenvalue weighted by atomic mass is 19.1. The van der Waals surface area contributed by atoms with Crippen molar-refractivity contribution in [2.75, 3.05) is 5.32 Å². The Hall–Kier alpha value is -4.50. The molecular weight excluding hydrogens is 427 g/mol. The molecular formula is C24H19FN4O4. The van der Waals surface area contributed by atoms with Crippen LogP contribution in [-0.4, -0.2) is 27.9 Å². The molecule has 1 atom stereocenters. The molecule has 4 aromatic rings. The summed E-state index contributed by atoms with van der Waals surface area (Å²) in [4.78, 5) is 40.7. The third-order valence-corrected chi connectivity index (χ3v) is 5.07. The predicted octanol–water partition coefficient (Wildman–Crippen LogP) is 3.54. The van der Waals surface area contributed by atoms with Gasteiger partial charge in [0, 0.05) is 39.5 Å². The highest BCUT2D eigenvalue weighted by Crippen LogP contribution is 2.26. The van der Waals surface area contributed by atoms with Crippen LogP contribution in [0.25, 0.3) is 10.9 Å². The Bertz CT molecular complexity index is 1330. The van der Waals surface area contributed by atoms with Crippen LogP contribution in [0.15, 0.2) is 79.0 Å². The summed E-state index contributed by atoms with van der Waals surface area (Å²) in [6.45, 7) is 0. The van der Waals surface area contributed by atoms with Crippen molar-refractivity contribution in [1.82, 2.24) is 15.8 Å². The van der Waals surface area contributed by atoms with Crippen molar-refractivity contribution in [3.8, 4) is 0 Å². The third kappa shape index (κ3) is 4.73. The molecule has 0 fully saturated rings. The molecule has 3 amide bonds. The summed E-state index contributed by atoms with van der Waals surface area (Å²) in [6, 6.07) is 17.2. The number of carbonyl (C=O) groups excluding carboxylic acids is 3. The molecule has 0 bridgehead atoms. The number of aromatic nitrogens is 1. The van der Waals surface area contributed by atoms with E-state index in [-0.39, 0.29) is 16.8 Å². The van der Waals surface area contributed by atoms with Crippen LogP contribution in [0, 0.1) is 5.82 Å². The Morgan fingerprint density at radius 2 is 1.58 bits per heavy atom. The monoisotopic (exact) mass is 446 g/mol. The number of hydrogen-bond acceptors (Lipinski definition) is 4. The van der Waals surface area contributed by atoms with Gasteiger partial charge in [0.1, 0.15) is 11.9 Å². The quantitative estimate of drug-likeness (QED) is 0.230. The van der Waals surface area contributed by atoms with Gasteiger partial charge in [-0.05, 0) is 48.5 Å². The molecule has 0 radical (unpaired) electrons. The first-order valence-electron chi connectivity index (χ1n) is 9.94. The Kier molecular flexibility index (Phi) is 6.14. The number of halogens is 1. The Morgan fingerprint density at radius 1 is 0.879 bits per heavy atom. The largest absolute Gasteiger partial charge is 0.361 e. The molecule has 0 unspecified atom stereocenters. The molecule has 5 N–H and O–H groups in total. The molecule has 8 nitrogen and oxygen atoms in total. The lowest BCUT2D eigenvalue weighted by atomic mass is 10.0. The summed E-state index contributed by atoms with van der Waals surface area (Å²) in [6.07, 6.45) is 1.63. The van der Waals surface area contributed by atoms with E-state index in [1.165, 1.54) is 47.9 Å². The van der Waals surface area contributed by atoms with Crippen molar-refractivity contribution in [2.45, 2.75) is 6.04 Å². The second kappa shape index (κ2) is 9.33. The second-order valence-electron chi connectivity index (χ2n) is 7.21. The normalized spacial score (nSPS) is 11.6. The summed E-state index contributed by atoms with van der Waals surface area (Å²) in [5.41, 5.74) is 3.44. The molecule has 0 saturated carbocycles. The molecule has 166 valence electrons. The first kappa shape index (κ1) is 21.7. The average molecular weight is 446 g/mol. The minimum absolute atomic E-state index is 0.158. The Labute approximate surface area is 187 Å². The van der Waals surface area contributed by atoms with Crippen molar-refractivity contribution >= 4 is 34.3 Å². The lowest BCUT2D eigenvalue weighted by Gasteiger charge is -2.19. The number of para-hydroxylation sites is 1. The maximum Gasteiger partial charge on any atom is 0.274 e. The first-order valence-corrected chi connectivity index (χ1v) is 9.94. The van der Waals surface area contributed by atoms with E-state index in [0.29, 0.717) is 5.56 Å². The second-order valence-corrected chi connectivity index (χ2v) is 7.21. The van der Waals surface area contributed by atoms with Crippen LogP contribution >= 0.6 is 0 Å². The third-order valence-electron chi connectivity index (χ3n) is 5.07. The first-order chi connectivity index (χ1) is 16.0. The summed E-state index contributed by atoms with van der Waals surface area (Å²) < 4.78 is 13.6. The molecule has 9 heteroatoms. The minimum Gasteiger partial charge on any atom is -0.361 e. The van der Waals surface area contributed by atoms with Gasteiger partial charge in [-0.1, -0.05) is 24.3 Å². The summed E-state index contributed by atoms with van der Waals surface area (Å²) in [7, 11) is 0. The van der Waals surface area contributed by atoms with E-state index in [0.717, 1.165) is 10.9 Å². The Balaban J connectivity index is 1.64. The minimum atomic E-state index is -1.10. The van der Waals surface area contributed by atoms with Gasteiger partial charge in [-0.25, -0.2) is 9.87 Å². The number of rotatable bonds is 6. The fourth-order valence-electron chi connectivity index (χ4n) is 3.45. The number of hydroxylamine groups is 1. The molecule has 0 spiro atoms. The van der Waals surface area contributed by atoms with E-state index in [1.54, 1.807) is 12.3 Å². The van der Waals surface area contributed by atoms with Crippen LogP contribution in [0.4, 0.5) is 10.1 Å². The number of H-pyrrole nitrogens is 1. The number of aromatic amines is 1. The van der Waals surface area contributed by atoms with Crippen LogP contribution in [0.1, 0.15) is 32.3 Å². The summed E-state index contributed by atoms with van der Waals surface area (Å²) in [5, 5.41) is 14.8. The standard InChI is InChI=1S/C24H19FN4O4/c25-16-4-3-5-17(12-16)27-24(32)21(19-13-26-20-7-2-1-6-18(19)20)28-22(30)14-8-10-15(11-9-14)23(31)29-33/h1-13,21,26,33H,(H,27,32)(H,28,30)(H,29,31)/t21-/m0/s1. The Morgan fingerprint density at radius 3 is 2.27 bits per heavy atom. The number of nitrogens with one attached hydrogen (secondary N) is 4. The predicted molar refractivity (Wildman–Crippen MR) is 119 cm³/mol. The van der Waals surface area contributed by atoms with Gasteiger partial charge in [0.2, 0.25) is 0 Å². The molecule has 33 heavy (non-hydrogen) atoms. The van der Waals surface area contributed by atoms with Gasteiger partial charge in [0.15, 0.2) is 0 Å². The van der Waals surface area contributed by atoms with E-state index < -0.39 is 29.6 Å². The van der Waals surface area contributed by atoms with Crippen LogP contribution in [0.5, 0.6) is 0 Å². The van der Waals surface area contributed by atoms with Gasteiger partial charge in [0.05, 0.1) is 0 Å². The molecule has 1 heterocycles. The van der Waals surface area contributed by atoms with Gasteiger partial charge in [-0.2, -0.15) is 0 Å². The van der Waals surface area contributed by atoms with Crippen molar-refractivity contribution < 1.29 is 24.0 Å². The fourth-order valence-corrected chi connectivity index (χ4v) is 3.45. The smallest absolute Gasteiger partial charge is 0.274 e. The molecule has 0 aliphatic rings. The van der Waals surface area contributed by atoms with E-state index in [1.807, 2.05) is 24.3 Å². The van der Waals surface area contributed by atoms with Gasteiger partial charge in [-0.15, -0.1) is 0 Å². The van der Waals surface area contributed by atoms with Crippen LogP contribution in [0.3, 0.4) is 0 Å². The van der Waals surface area contributed by atoms with E-state index in [4.69, 9.17) is 5.21 Å². The number of amides is 3. The fraction of sp³-hybridized carbons (Fsp3) is 0.0417. The zero-order valence-electron chi connectivity index (χ0n) is 17.1. The number of fused-ring (bicyclic) bond motifs is 1. The lowest BCUT2D eigenvalue weighted by Crippen LogP contribution is -2.37. The zero-order chi connectivity index (χ0) is 23.4. The zero-order valence-corrected chi connectivity index (χ0v) is 17.1. The highest BCUT2D eigenvalue weighted by Gasteiger charge is 2.26. The number of carbonyl (C=O) groups is 3. The topological polar surface area (TPSA) is 123 Å². The summed E-state index contributed by atoms with van der Waals surface area (Å²) in [5.74, 6) is -2.34. The van der Waals surface area contributed by atoms with E-state index >= 15 is 0 Å². The molecule has 4 rings (SSSR count). The van der Waals surface area contributed by atoms with Crippen molar-refractivity contribution in [3.63, 3.8) is 0 Å². The van der Waals surface area contributed by atoms with Crippen molar-refractivity contribution in [3.05, 3.63) is 102 Å². The maximum atomic E-state index is 13.6. The van der Waals surface area contributed by atoms with Crippen molar-refractivity contribution in [1.29, 1.82) is 0 Å². The SMILES string of the molecule is O=C(NO)c1ccc(C(=O)N[C@H](C(=O)Nc2cccc(F)c2)c2c[nH]c3ccccc23)cc1. The van der Waals surface area contributed by atoms with E-state index in [2.05, 4.69) is 15.6 Å². The van der Waals surface area contributed by atoms with Crippen molar-refractivity contribution in [2.24, 2.45) is 0 Å². The maximum absolute atomic E-state index is 13.6. The van der Waals surface area contributed by atoms with Crippen LogP contribution < -0.4 is 16.1 Å². The molecule has 1 aromatic heterocycles. The number of hydrogen-bond donors (Lipinski definition) is 5. The van der Waals surface area contributed by atoms with E-state index in [9.17, 15) is 18.8 Å². The average Bonchev–Trinajstić information content (AvgIpc) is 3.26. The van der Waals surface area contributed by atoms with Gasteiger partial charge < -0.3 is 15.6 Å². The van der Waals surface area contributed by atoms with Crippen LogP contribution in [-0.2, 0) is 4.79 Å². The lowest BCUT2D eigenvalue weighted by molar-refractivity contribution is -0.118. The van der Waals surface area contributed by atoms with Crippen LogP contribution in [0.2, 0.25) is 0 Å². The molecule has 0 aliphatic heterocycles. The molecule has 0 saturated heterocycles. The number of anilines is 1. The number of benzene rings is 3. The van der Waals surface area contributed by atoms with Gasteiger partial charge >= 0.3 is 0 Å². The molecule has 0 aliphatic carbocycles. The summed E-state index contributed by atoms with van der Waals surface area (Å²) >= 11 is 0. The highest BCUT2D eigenvalue weighted by molar-refractivity contribution is 6.04. The molecule has 3 aromatic carbocycles. The van der Waals surface area contributed by atoms with Gasteiger partial charge in [0.25, 0.3) is 17.7 Å².